The first-order valence-electron chi connectivity index (χ1n) is 6.95. The molecule has 23 heavy (non-hydrogen) atoms. The number of nitrogens with one attached hydrogen (secondary N) is 4. The second-order valence-electron chi connectivity index (χ2n) is 5.26. The maximum Gasteiger partial charge on any atom is 0.326 e. The van der Waals surface area contributed by atoms with Crippen LogP contribution in [0, 0.1) is 0 Å². The number of rotatable bonds is 4. The Hall–Kier alpha value is -1.68. The van der Waals surface area contributed by atoms with Gasteiger partial charge in [-0.1, -0.05) is 0 Å². The van der Waals surface area contributed by atoms with Gasteiger partial charge < -0.3 is 10.3 Å². The molecule has 3 rings (SSSR count). The van der Waals surface area contributed by atoms with Crippen LogP contribution < -0.4 is 21.3 Å². The fraction of sp³-hybridized carbons (Fsp3) is 0.385. The summed E-state index contributed by atoms with van der Waals surface area (Å²) in [5, 5.41) is 3.33. The molecule has 0 radical (unpaired) electrons. The van der Waals surface area contributed by atoms with Gasteiger partial charge in [-0.05, 0) is 37.6 Å². The van der Waals surface area contributed by atoms with Crippen molar-refractivity contribution in [2.24, 2.45) is 0 Å². The summed E-state index contributed by atoms with van der Waals surface area (Å²) in [6, 6.07) is 4.17. The molecule has 1 aliphatic heterocycles. The first-order valence-corrected chi connectivity index (χ1v) is 8.43. The molecule has 2 heterocycles. The number of benzene rings is 1. The van der Waals surface area contributed by atoms with Gasteiger partial charge in [0, 0.05) is 12.6 Å². The van der Waals surface area contributed by atoms with Crippen molar-refractivity contribution in [2.75, 3.05) is 13.1 Å². The Morgan fingerprint density at radius 3 is 2.70 bits per heavy atom. The highest BCUT2D eigenvalue weighted by molar-refractivity contribution is 7.89. The highest BCUT2D eigenvalue weighted by Crippen LogP contribution is 2.14. The number of sulfonamides is 1. The first kappa shape index (κ1) is 17.7. The van der Waals surface area contributed by atoms with E-state index in [-0.39, 0.29) is 28.7 Å². The van der Waals surface area contributed by atoms with Crippen molar-refractivity contribution < 1.29 is 8.42 Å². The quantitative estimate of drug-likeness (QED) is 0.594. The van der Waals surface area contributed by atoms with Gasteiger partial charge in [-0.25, -0.2) is 17.9 Å². The van der Waals surface area contributed by atoms with Gasteiger partial charge in [0.05, 0.1) is 15.8 Å². The molecule has 0 saturated carbocycles. The SMILES string of the molecule is Cl.O=c1[nH]c(=O)c2cc(S(=O)(=O)NCC3CCCN3)ccc2[nH]1. The molecule has 2 aromatic rings. The van der Waals surface area contributed by atoms with E-state index in [9.17, 15) is 18.0 Å². The molecule has 0 amide bonds. The van der Waals surface area contributed by atoms with E-state index in [4.69, 9.17) is 0 Å². The van der Waals surface area contributed by atoms with Gasteiger partial charge in [-0.15, -0.1) is 12.4 Å². The summed E-state index contributed by atoms with van der Waals surface area (Å²) in [4.78, 5) is 27.5. The molecule has 1 unspecified atom stereocenters. The van der Waals surface area contributed by atoms with Crippen LogP contribution in [0.3, 0.4) is 0 Å². The topological polar surface area (TPSA) is 124 Å². The van der Waals surface area contributed by atoms with E-state index in [2.05, 4.69) is 20.0 Å². The summed E-state index contributed by atoms with van der Waals surface area (Å²) >= 11 is 0. The average molecular weight is 361 g/mol. The fourth-order valence-electron chi connectivity index (χ4n) is 2.54. The van der Waals surface area contributed by atoms with Crippen LogP contribution in [0.25, 0.3) is 10.9 Å². The monoisotopic (exact) mass is 360 g/mol. The van der Waals surface area contributed by atoms with Crippen molar-refractivity contribution >= 4 is 33.3 Å². The average Bonchev–Trinajstić information content (AvgIpc) is 2.98. The molecular weight excluding hydrogens is 344 g/mol. The predicted molar refractivity (Wildman–Crippen MR) is 88.7 cm³/mol. The van der Waals surface area contributed by atoms with Crippen molar-refractivity contribution in [3.63, 3.8) is 0 Å². The van der Waals surface area contributed by atoms with E-state index in [1.54, 1.807) is 0 Å². The van der Waals surface area contributed by atoms with E-state index >= 15 is 0 Å². The number of aromatic amines is 2. The molecule has 1 aromatic carbocycles. The van der Waals surface area contributed by atoms with E-state index in [1.807, 2.05) is 0 Å². The first-order chi connectivity index (χ1) is 10.5. The van der Waals surface area contributed by atoms with Gasteiger partial charge in [0.25, 0.3) is 5.56 Å². The third kappa shape index (κ3) is 3.81. The highest BCUT2D eigenvalue weighted by Gasteiger charge is 2.19. The molecule has 0 aliphatic carbocycles. The summed E-state index contributed by atoms with van der Waals surface area (Å²) < 4.78 is 27.1. The second kappa shape index (κ2) is 6.83. The van der Waals surface area contributed by atoms with Crippen LogP contribution in [0.1, 0.15) is 12.8 Å². The summed E-state index contributed by atoms with van der Waals surface area (Å²) in [6.07, 6.45) is 1.96. The van der Waals surface area contributed by atoms with Gasteiger partial charge >= 0.3 is 5.69 Å². The molecule has 1 aliphatic rings. The van der Waals surface area contributed by atoms with Crippen LogP contribution >= 0.6 is 12.4 Å². The lowest BCUT2D eigenvalue weighted by Gasteiger charge is -2.12. The number of H-pyrrole nitrogens is 2. The minimum absolute atomic E-state index is 0. The maximum absolute atomic E-state index is 12.3. The third-order valence-corrected chi connectivity index (χ3v) is 5.12. The van der Waals surface area contributed by atoms with Crippen LogP contribution in [0.5, 0.6) is 0 Å². The Bertz CT molecular complexity index is 915. The Labute approximate surface area is 138 Å². The molecule has 0 bridgehead atoms. The largest absolute Gasteiger partial charge is 0.326 e. The molecule has 1 aromatic heterocycles. The molecular formula is C13H17ClN4O4S. The van der Waals surface area contributed by atoms with Crippen molar-refractivity contribution in [1.82, 2.24) is 20.0 Å². The number of aromatic nitrogens is 2. The Morgan fingerprint density at radius 1 is 1.22 bits per heavy atom. The molecule has 126 valence electrons. The van der Waals surface area contributed by atoms with Crippen molar-refractivity contribution in [2.45, 2.75) is 23.8 Å². The van der Waals surface area contributed by atoms with Gasteiger partial charge in [0.15, 0.2) is 0 Å². The van der Waals surface area contributed by atoms with Gasteiger partial charge in [0.1, 0.15) is 0 Å². The van der Waals surface area contributed by atoms with Crippen LogP contribution in [0.2, 0.25) is 0 Å². The zero-order chi connectivity index (χ0) is 15.7. The predicted octanol–water partition coefficient (Wildman–Crippen LogP) is -0.331. The summed E-state index contributed by atoms with van der Waals surface area (Å²) in [5.74, 6) is 0. The number of hydrogen-bond donors (Lipinski definition) is 4. The molecule has 0 spiro atoms. The summed E-state index contributed by atoms with van der Waals surface area (Å²) in [6.45, 7) is 1.20. The lowest BCUT2D eigenvalue weighted by Crippen LogP contribution is -2.37. The van der Waals surface area contributed by atoms with Gasteiger partial charge in [0.2, 0.25) is 10.0 Å². The molecule has 10 heteroatoms. The zero-order valence-electron chi connectivity index (χ0n) is 12.1. The fourth-order valence-corrected chi connectivity index (χ4v) is 3.64. The molecule has 1 atom stereocenters. The van der Waals surface area contributed by atoms with E-state index in [0.29, 0.717) is 12.1 Å². The zero-order valence-corrected chi connectivity index (χ0v) is 13.7. The van der Waals surface area contributed by atoms with E-state index in [0.717, 1.165) is 19.4 Å². The van der Waals surface area contributed by atoms with Crippen LogP contribution in [-0.2, 0) is 10.0 Å². The number of fused-ring (bicyclic) bond motifs is 1. The van der Waals surface area contributed by atoms with E-state index in [1.165, 1.54) is 18.2 Å². The van der Waals surface area contributed by atoms with Crippen molar-refractivity contribution in [1.29, 1.82) is 0 Å². The Balaban J connectivity index is 0.00000192. The van der Waals surface area contributed by atoms with Crippen LogP contribution in [0.4, 0.5) is 0 Å². The van der Waals surface area contributed by atoms with E-state index < -0.39 is 21.3 Å². The number of hydrogen-bond acceptors (Lipinski definition) is 5. The normalized spacial score (nSPS) is 18.0. The molecule has 1 fully saturated rings. The molecule has 1 saturated heterocycles. The maximum atomic E-state index is 12.3. The summed E-state index contributed by atoms with van der Waals surface area (Å²) in [7, 11) is -3.70. The highest BCUT2D eigenvalue weighted by atomic mass is 35.5. The second-order valence-corrected chi connectivity index (χ2v) is 7.03. The Kier molecular flexibility index (Phi) is 5.25. The molecule has 4 N–H and O–H groups in total. The van der Waals surface area contributed by atoms with Crippen molar-refractivity contribution in [3.05, 3.63) is 39.0 Å². The minimum Gasteiger partial charge on any atom is -0.313 e. The lowest BCUT2D eigenvalue weighted by atomic mass is 10.2. The third-order valence-electron chi connectivity index (χ3n) is 3.70. The van der Waals surface area contributed by atoms with Gasteiger partial charge in [-0.3, -0.25) is 9.78 Å². The van der Waals surface area contributed by atoms with Gasteiger partial charge in [-0.2, -0.15) is 0 Å². The standard InChI is InChI=1S/C13H16N4O4S.ClH/c18-12-10-6-9(3-4-11(10)16-13(19)17-12)22(20,21)15-7-8-2-1-5-14-8;/h3-4,6,8,14-15H,1-2,5,7H2,(H2,16,17,18,19);1H. The summed E-state index contributed by atoms with van der Waals surface area (Å²) in [5.41, 5.74) is -0.947. The van der Waals surface area contributed by atoms with Crippen LogP contribution in [-0.4, -0.2) is 37.5 Å². The van der Waals surface area contributed by atoms with Crippen molar-refractivity contribution in [3.8, 4) is 0 Å². The lowest BCUT2D eigenvalue weighted by molar-refractivity contribution is 0.552. The smallest absolute Gasteiger partial charge is 0.313 e. The Morgan fingerprint density at radius 2 is 2.00 bits per heavy atom. The molecule has 8 nitrogen and oxygen atoms in total. The minimum atomic E-state index is -3.70. The van der Waals surface area contributed by atoms with Crippen LogP contribution in [0.15, 0.2) is 32.7 Å². The number of halogens is 1.